The minimum atomic E-state index is -0.732. The fraction of sp³-hybridized carbons (Fsp3) is 0.423. The molecular formula is C26H30FN3O4. The lowest BCUT2D eigenvalue weighted by atomic mass is 9.91. The van der Waals surface area contributed by atoms with Crippen LogP contribution in [-0.4, -0.2) is 46.8 Å². The Morgan fingerprint density at radius 1 is 1.18 bits per heavy atom. The van der Waals surface area contributed by atoms with Crippen LogP contribution < -0.4 is 5.32 Å². The molecule has 2 aromatic carbocycles. The Labute approximate surface area is 198 Å². The molecule has 1 aliphatic rings. The summed E-state index contributed by atoms with van der Waals surface area (Å²) in [5.74, 6) is -0.389. The summed E-state index contributed by atoms with van der Waals surface area (Å²) in [6.45, 7) is 6.41. The van der Waals surface area contributed by atoms with Crippen LogP contribution in [0.3, 0.4) is 0 Å². The van der Waals surface area contributed by atoms with Gasteiger partial charge < -0.3 is 19.5 Å². The fourth-order valence-electron chi connectivity index (χ4n) is 4.32. The highest BCUT2D eigenvalue weighted by Gasteiger charge is 2.32. The first-order chi connectivity index (χ1) is 16.2. The second kappa shape index (κ2) is 9.83. The van der Waals surface area contributed by atoms with Crippen molar-refractivity contribution in [3.8, 4) is 0 Å². The van der Waals surface area contributed by atoms with Gasteiger partial charge in [-0.15, -0.1) is 0 Å². The molecule has 7 nitrogen and oxygen atoms in total. The van der Waals surface area contributed by atoms with Crippen molar-refractivity contribution < 1.29 is 23.2 Å². The minimum absolute atomic E-state index is 0.113. The van der Waals surface area contributed by atoms with E-state index >= 15 is 0 Å². The van der Waals surface area contributed by atoms with Gasteiger partial charge in [-0.1, -0.05) is 35.5 Å². The standard InChI is InChI=1S/C26H30FN3O4/c1-26(2,3)33-25(32)28-21(15-17-7-5-4-6-8-17)24(31)30-13-11-18(12-14-30)23-20-10-9-19(27)16-22(20)34-29-23/h4-10,16,18,21H,11-15H2,1-3H3,(H,28,32)/t21-/m0/s1. The van der Waals surface area contributed by atoms with E-state index in [1.807, 2.05) is 30.3 Å². The average Bonchev–Trinajstić information content (AvgIpc) is 3.20. The highest BCUT2D eigenvalue weighted by Crippen LogP contribution is 2.33. The van der Waals surface area contributed by atoms with Gasteiger partial charge in [0.2, 0.25) is 5.91 Å². The summed E-state index contributed by atoms with van der Waals surface area (Å²) in [5.41, 5.74) is 1.52. The number of alkyl carbamates (subject to hydrolysis) is 1. The number of carbonyl (C=O) groups is 2. The molecule has 0 spiro atoms. The van der Waals surface area contributed by atoms with Gasteiger partial charge in [0, 0.05) is 36.9 Å². The van der Waals surface area contributed by atoms with Crippen molar-refractivity contribution in [1.29, 1.82) is 0 Å². The van der Waals surface area contributed by atoms with E-state index < -0.39 is 17.7 Å². The number of halogens is 1. The highest BCUT2D eigenvalue weighted by atomic mass is 19.1. The Morgan fingerprint density at radius 2 is 1.88 bits per heavy atom. The second-order valence-corrected chi connectivity index (χ2v) is 9.70. The molecule has 34 heavy (non-hydrogen) atoms. The predicted octanol–water partition coefficient (Wildman–Crippen LogP) is 4.81. The Balaban J connectivity index is 1.44. The summed E-state index contributed by atoms with van der Waals surface area (Å²) in [6.07, 6.45) is 1.17. The van der Waals surface area contributed by atoms with E-state index in [0.717, 1.165) is 16.6 Å². The predicted molar refractivity (Wildman–Crippen MR) is 126 cm³/mol. The maximum absolute atomic E-state index is 13.5. The molecule has 0 bridgehead atoms. The lowest BCUT2D eigenvalue weighted by molar-refractivity contribution is -0.134. The molecule has 1 saturated heterocycles. The van der Waals surface area contributed by atoms with Gasteiger partial charge in [0.05, 0.1) is 5.69 Å². The van der Waals surface area contributed by atoms with Crippen molar-refractivity contribution in [3.63, 3.8) is 0 Å². The smallest absolute Gasteiger partial charge is 0.408 e. The van der Waals surface area contributed by atoms with Crippen molar-refractivity contribution in [1.82, 2.24) is 15.4 Å². The Hall–Kier alpha value is -3.42. The number of hydrogen-bond donors (Lipinski definition) is 1. The van der Waals surface area contributed by atoms with Crippen LogP contribution in [0.2, 0.25) is 0 Å². The van der Waals surface area contributed by atoms with Crippen LogP contribution in [0, 0.1) is 5.82 Å². The first kappa shape index (κ1) is 23.7. The van der Waals surface area contributed by atoms with Crippen LogP contribution in [0.1, 0.15) is 50.8 Å². The molecule has 2 amide bonds. The molecule has 1 aliphatic heterocycles. The molecule has 8 heteroatoms. The van der Waals surface area contributed by atoms with Gasteiger partial charge in [-0.3, -0.25) is 4.79 Å². The van der Waals surface area contributed by atoms with Crippen LogP contribution in [0.25, 0.3) is 11.0 Å². The lowest BCUT2D eigenvalue weighted by Gasteiger charge is -2.34. The fourth-order valence-corrected chi connectivity index (χ4v) is 4.32. The molecule has 0 aliphatic carbocycles. The number of nitrogens with one attached hydrogen (secondary N) is 1. The second-order valence-electron chi connectivity index (χ2n) is 9.70. The molecule has 1 atom stereocenters. The Morgan fingerprint density at radius 3 is 2.56 bits per heavy atom. The number of hydrogen-bond acceptors (Lipinski definition) is 5. The zero-order valence-electron chi connectivity index (χ0n) is 19.7. The quantitative estimate of drug-likeness (QED) is 0.582. The van der Waals surface area contributed by atoms with Crippen LogP contribution in [0.5, 0.6) is 0 Å². The van der Waals surface area contributed by atoms with Crippen LogP contribution in [-0.2, 0) is 16.0 Å². The number of rotatable bonds is 5. The lowest BCUT2D eigenvalue weighted by Crippen LogP contribution is -2.52. The first-order valence-corrected chi connectivity index (χ1v) is 11.6. The van der Waals surface area contributed by atoms with E-state index in [9.17, 15) is 14.0 Å². The number of ether oxygens (including phenoxy) is 1. The molecule has 3 aromatic rings. The maximum atomic E-state index is 13.5. The number of likely N-dealkylation sites (tertiary alicyclic amines) is 1. The molecule has 0 radical (unpaired) electrons. The van der Waals surface area contributed by atoms with Gasteiger partial charge >= 0.3 is 6.09 Å². The van der Waals surface area contributed by atoms with Crippen molar-refractivity contribution in [2.24, 2.45) is 0 Å². The van der Waals surface area contributed by atoms with E-state index in [1.165, 1.54) is 12.1 Å². The maximum Gasteiger partial charge on any atom is 0.408 e. The molecule has 2 heterocycles. The molecule has 180 valence electrons. The van der Waals surface area contributed by atoms with E-state index in [2.05, 4.69) is 10.5 Å². The van der Waals surface area contributed by atoms with Crippen molar-refractivity contribution in [3.05, 3.63) is 65.6 Å². The largest absolute Gasteiger partial charge is 0.444 e. The van der Waals surface area contributed by atoms with E-state index in [4.69, 9.17) is 9.26 Å². The van der Waals surface area contributed by atoms with Crippen LogP contribution in [0.4, 0.5) is 9.18 Å². The third kappa shape index (κ3) is 5.73. The van der Waals surface area contributed by atoms with Crippen LogP contribution >= 0.6 is 0 Å². The van der Waals surface area contributed by atoms with Gasteiger partial charge in [-0.05, 0) is 51.3 Å². The third-order valence-electron chi connectivity index (χ3n) is 5.93. The van der Waals surface area contributed by atoms with Gasteiger partial charge in [0.15, 0.2) is 5.58 Å². The zero-order valence-corrected chi connectivity index (χ0v) is 19.7. The van der Waals surface area contributed by atoms with Gasteiger partial charge in [0.25, 0.3) is 0 Å². The third-order valence-corrected chi connectivity index (χ3v) is 5.93. The summed E-state index contributed by atoms with van der Waals surface area (Å²) >= 11 is 0. The summed E-state index contributed by atoms with van der Waals surface area (Å²) in [5, 5.41) is 7.75. The topological polar surface area (TPSA) is 84.7 Å². The number of piperidine rings is 1. The Bertz CT molecular complexity index is 1150. The monoisotopic (exact) mass is 467 g/mol. The zero-order chi connectivity index (χ0) is 24.3. The number of fused-ring (bicyclic) bond motifs is 1. The van der Waals surface area contributed by atoms with E-state index in [-0.39, 0.29) is 17.6 Å². The molecule has 0 unspecified atom stereocenters. The molecule has 1 fully saturated rings. The number of amides is 2. The average molecular weight is 468 g/mol. The molecular weight excluding hydrogens is 437 g/mol. The first-order valence-electron chi connectivity index (χ1n) is 11.6. The van der Waals surface area contributed by atoms with Crippen molar-refractivity contribution in [2.45, 2.75) is 57.6 Å². The normalized spacial score (nSPS) is 15.8. The van der Waals surface area contributed by atoms with Crippen molar-refractivity contribution in [2.75, 3.05) is 13.1 Å². The molecule has 1 aromatic heterocycles. The summed E-state index contributed by atoms with van der Waals surface area (Å²) < 4.78 is 24.2. The highest BCUT2D eigenvalue weighted by molar-refractivity contribution is 5.86. The van der Waals surface area contributed by atoms with E-state index in [0.29, 0.717) is 37.9 Å². The van der Waals surface area contributed by atoms with Crippen molar-refractivity contribution >= 4 is 23.0 Å². The molecule has 0 saturated carbocycles. The Kier molecular flexibility index (Phi) is 6.86. The number of aromatic nitrogens is 1. The SMILES string of the molecule is CC(C)(C)OC(=O)N[C@@H](Cc1ccccc1)C(=O)N1CCC(c2noc3cc(F)ccc23)CC1. The molecule has 1 N–H and O–H groups in total. The number of carbonyl (C=O) groups excluding carboxylic acids is 2. The molecule has 4 rings (SSSR count). The summed E-state index contributed by atoms with van der Waals surface area (Å²) in [7, 11) is 0. The summed E-state index contributed by atoms with van der Waals surface area (Å²) in [6, 6.07) is 13.3. The number of nitrogens with zero attached hydrogens (tertiary/aromatic N) is 2. The minimum Gasteiger partial charge on any atom is -0.444 e. The summed E-state index contributed by atoms with van der Waals surface area (Å²) in [4.78, 5) is 27.7. The van der Waals surface area contributed by atoms with Gasteiger partial charge in [-0.2, -0.15) is 0 Å². The van der Waals surface area contributed by atoms with Gasteiger partial charge in [-0.25, -0.2) is 9.18 Å². The van der Waals surface area contributed by atoms with Crippen LogP contribution in [0.15, 0.2) is 53.1 Å². The number of benzene rings is 2. The van der Waals surface area contributed by atoms with Gasteiger partial charge in [0.1, 0.15) is 17.5 Å². The van der Waals surface area contributed by atoms with E-state index in [1.54, 1.807) is 31.7 Å².